The summed E-state index contributed by atoms with van der Waals surface area (Å²) >= 11 is 0. The maximum atomic E-state index is 12.0. The van der Waals surface area contributed by atoms with E-state index in [0.29, 0.717) is 42.7 Å². The molecule has 92 valence electrons. The van der Waals surface area contributed by atoms with Gasteiger partial charge in [0.25, 0.3) is 0 Å². The predicted molar refractivity (Wildman–Crippen MR) is 64.2 cm³/mol. The highest BCUT2D eigenvalue weighted by Gasteiger charge is 2.33. The molecule has 0 unspecified atom stereocenters. The molecule has 4 nitrogen and oxygen atoms in total. The Morgan fingerprint density at radius 3 is 2.71 bits per heavy atom. The van der Waals surface area contributed by atoms with Crippen molar-refractivity contribution in [2.24, 2.45) is 11.1 Å². The van der Waals surface area contributed by atoms with E-state index in [9.17, 15) is 9.59 Å². The lowest BCUT2D eigenvalue weighted by Crippen LogP contribution is -2.29. The van der Waals surface area contributed by atoms with E-state index >= 15 is 0 Å². The second kappa shape index (κ2) is 4.11. The van der Waals surface area contributed by atoms with Crippen molar-refractivity contribution in [3.63, 3.8) is 0 Å². The highest BCUT2D eigenvalue weighted by molar-refractivity contribution is 5.98. The first-order valence-corrected chi connectivity index (χ1v) is 5.82. The maximum Gasteiger partial charge on any atom is 0.339 e. The highest BCUT2D eigenvalue weighted by Crippen LogP contribution is 2.34. The molecule has 0 saturated heterocycles. The average Bonchev–Trinajstić information content (AvgIpc) is 2.19. The molecule has 1 aromatic rings. The SMILES string of the molecule is CC1(C)CC(=O)c2cc(CCN)c(=O)oc2C1. The van der Waals surface area contributed by atoms with Gasteiger partial charge in [-0.15, -0.1) is 0 Å². The summed E-state index contributed by atoms with van der Waals surface area (Å²) in [5, 5.41) is 0. The van der Waals surface area contributed by atoms with Crippen LogP contribution in [0.15, 0.2) is 15.3 Å². The molecule has 0 spiro atoms. The van der Waals surface area contributed by atoms with Crippen molar-refractivity contribution in [3.05, 3.63) is 33.4 Å². The van der Waals surface area contributed by atoms with E-state index in [0.717, 1.165) is 0 Å². The van der Waals surface area contributed by atoms with Gasteiger partial charge in [-0.25, -0.2) is 4.79 Å². The predicted octanol–water partition coefficient (Wildman–Crippen LogP) is 1.30. The summed E-state index contributed by atoms with van der Waals surface area (Å²) in [6.45, 7) is 4.38. The smallest absolute Gasteiger partial charge is 0.339 e. The summed E-state index contributed by atoms with van der Waals surface area (Å²) in [4.78, 5) is 23.6. The van der Waals surface area contributed by atoms with Crippen LogP contribution in [0.3, 0.4) is 0 Å². The van der Waals surface area contributed by atoms with Crippen LogP contribution in [0.1, 0.15) is 41.9 Å². The Kier molecular flexibility index (Phi) is 2.91. The molecule has 2 N–H and O–H groups in total. The van der Waals surface area contributed by atoms with Gasteiger partial charge in [-0.2, -0.15) is 0 Å². The number of carbonyl (C=O) groups is 1. The first kappa shape index (κ1) is 12.0. The number of hydrogen-bond donors (Lipinski definition) is 1. The Labute approximate surface area is 99.8 Å². The van der Waals surface area contributed by atoms with Gasteiger partial charge in [0.1, 0.15) is 5.76 Å². The summed E-state index contributed by atoms with van der Waals surface area (Å²) in [5.74, 6) is 0.579. The van der Waals surface area contributed by atoms with E-state index in [4.69, 9.17) is 10.2 Å². The third kappa shape index (κ3) is 2.31. The number of fused-ring (bicyclic) bond motifs is 1. The van der Waals surface area contributed by atoms with Gasteiger partial charge >= 0.3 is 5.63 Å². The van der Waals surface area contributed by atoms with Crippen molar-refractivity contribution in [3.8, 4) is 0 Å². The largest absolute Gasteiger partial charge is 0.427 e. The summed E-state index contributed by atoms with van der Waals surface area (Å²) in [7, 11) is 0. The fourth-order valence-electron chi connectivity index (χ4n) is 2.27. The molecule has 0 amide bonds. The number of ketones is 1. The van der Waals surface area contributed by atoms with Gasteiger partial charge in [-0.3, -0.25) is 4.79 Å². The fourth-order valence-corrected chi connectivity index (χ4v) is 2.27. The molecular weight excluding hydrogens is 218 g/mol. The zero-order valence-electron chi connectivity index (χ0n) is 10.2. The van der Waals surface area contributed by atoms with E-state index in [1.165, 1.54) is 0 Å². The fraction of sp³-hybridized carbons (Fsp3) is 0.538. The van der Waals surface area contributed by atoms with Crippen LogP contribution >= 0.6 is 0 Å². The minimum atomic E-state index is -0.361. The second-order valence-corrected chi connectivity index (χ2v) is 5.38. The Morgan fingerprint density at radius 1 is 1.35 bits per heavy atom. The van der Waals surface area contributed by atoms with Crippen molar-refractivity contribution in [1.82, 2.24) is 0 Å². The molecule has 1 aliphatic carbocycles. The van der Waals surface area contributed by atoms with E-state index < -0.39 is 0 Å². The molecule has 0 aromatic carbocycles. The maximum absolute atomic E-state index is 12.0. The molecule has 0 radical (unpaired) electrons. The van der Waals surface area contributed by atoms with Crippen molar-refractivity contribution in [2.75, 3.05) is 6.54 Å². The highest BCUT2D eigenvalue weighted by atomic mass is 16.4. The van der Waals surface area contributed by atoms with Gasteiger partial charge < -0.3 is 10.2 Å². The van der Waals surface area contributed by atoms with E-state index in [2.05, 4.69) is 0 Å². The van der Waals surface area contributed by atoms with E-state index in [1.807, 2.05) is 13.8 Å². The van der Waals surface area contributed by atoms with Crippen molar-refractivity contribution in [2.45, 2.75) is 33.1 Å². The van der Waals surface area contributed by atoms with Crippen LogP contribution in [-0.4, -0.2) is 12.3 Å². The van der Waals surface area contributed by atoms with Gasteiger partial charge in [-0.1, -0.05) is 13.8 Å². The van der Waals surface area contributed by atoms with Gasteiger partial charge in [0.05, 0.1) is 5.56 Å². The molecule has 17 heavy (non-hydrogen) atoms. The van der Waals surface area contributed by atoms with E-state index in [1.54, 1.807) is 6.07 Å². The average molecular weight is 235 g/mol. The lowest BCUT2D eigenvalue weighted by atomic mass is 9.76. The number of rotatable bonds is 2. The molecule has 0 fully saturated rings. The minimum absolute atomic E-state index is 0.0540. The minimum Gasteiger partial charge on any atom is -0.427 e. The monoisotopic (exact) mass is 235 g/mol. The summed E-state index contributed by atoms with van der Waals surface area (Å²) in [6.07, 6.45) is 1.58. The Balaban J connectivity index is 2.50. The molecule has 0 bridgehead atoms. The molecule has 2 rings (SSSR count). The normalized spacial score (nSPS) is 17.9. The lowest BCUT2D eigenvalue weighted by Gasteiger charge is -2.28. The molecule has 1 heterocycles. The Bertz CT molecular complexity index is 514. The summed E-state index contributed by atoms with van der Waals surface area (Å²) < 4.78 is 5.26. The first-order chi connectivity index (χ1) is 7.93. The van der Waals surface area contributed by atoms with Crippen LogP contribution in [0.2, 0.25) is 0 Å². The Morgan fingerprint density at radius 2 is 2.06 bits per heavy atom. The van der Waals surface area contributed by atoms with Gasteiger partial charge in [0.2, 0.25) is 0 Å². The van der Waals surface area contributed by atoms with Crippen LogP contribution in [-0.2, 0) is 12.8 Å². The molecule has 0 saturated carbocycles. The molecule has 1 aliphatic rings. The van der Waals surface area contributed by atoms with Crippen LogP contribution in [0, 0.1) is 5.41 Å². The lowest BCUT2D eigenvalue weighted by molar-refractivity contribution is 0.0897. The van der Waals surface area contributed by atoms with Crippen LogP contribution in [0.5, 0.6) is 0 Å². The van der Waals surface area contributed by atoms with Crippen LogP contribution < -0.4 is 11.4 Å². The second-order valence-electron chi connectivity index (χ2n) is 5.38. The van der Waals surface area contributed by atoms with Crippen molar-refractivity contribution in [1.29, 1.82) is 0 Å². The molecule has 0 atom stereocenters. The van der Waals surface area contributed by atoms with E-state index in [-0.39, 0.29) is 16.8 Å². The van der Waals surface area contributed by atoms with Gasteiger partial charge in [0, 0.05) is 18.4 Å². The van der Waals surface area contributed by atoms with Crippen LogP contribution in [0.25, 0.3) is 0 Å². The molecule has 4 heteroatoms. The Hall–Kier alpha value is -1.42. The first-order valence-electron chi connectivity index (χ1n) is 5.82. The topological polar surface area (TPSA) is 73.3 Å². The van der Waals surface area contributed by atoms with Crippen molar-refractivity contribution >= 4 is 5.78 Å². The zero-order valence-corrected chi connectivity index (χ0v) is 10.2. The number of hydrogen-bond acceptors (Lipinski definition) is 4. The van der Waals surface area contributed by atoms with Gasteiger partial charge in [0.15, 0.2) is 5.78 Å². The third-order valence-corrected chi connectivity index (χ3v) is 3.09. The molecule has 0 aliphatic heterocycles. The zero-order chi connectivity index (χ0) is 12.6. The molecular formula is C13H17NO3. The number of nitrogens with two attached hydrogens (primary N) is 1. The number of Topliss-reactive ketones (excluding diaryl/α,β-unsaturated/α-hetero) is 1. The van der Waals surface area contributed by atoms with Gasteiger partial charge in [-0.05, 0) is 24.4 Å². The summed E-state index contributed by atoms with van der Waals surface area (Å²) in [5.41, 5.74) is 5.99. The van der Waals surface area contributed by atoms with Crippen LogP contribution in [0.4, 0.5) is 0 Å². The van der Waals surface area contributed by atoms with Crippen molar-refractivity contribution < 1.29 is 9.21 Å². The standard InChI is InChI=1S/C13H17NO3/c1-13(2)6-10(15)9-5-8(3-4-14)12(16)17-11(9)7-13/h5H,3-4,6-7,14H2,1-2H3. The number of carbonyl (C=O) groups excluding carboxylic acids is 1. The quantitative estimate of drug-likeness (QED) is 0.838. The third-order valence-electron chi connectivity index (χ3n) is 3.09. The summed E-state index contributed by atoms with van der Waals surface area (Å²) in [6, 6.07) is 1.66. The molecule has 1 aromatic heterocycles.